The van der Waals surface area contributed by atoms with Crippen molar-refractivity contribution in [3.8, 4) is 6.07 Å². The van der Waals surface area contributed by atoms with Crippen molar-refractivity contribution in [2.75, 3.05) is 12.8 Å². The number of anilines is 1. The summed E-state index contributed by atoms with van der Waals surface area (Å²) in [6.45, 7) is 1.70. The van der Waals surface area contributed by atoms with Gasteiger partial charge in [-0.3, -0.25) is 14.9 Å². The van der Waals surface area contributed by atoms with Crippen LogP contribution in [0.5, 0.6) is 0 Å². The third kappa shape index (κ3) is 3.16. The van der Waals surface area contributed by atoms with Crippen LogP contribution in [0.25, 0.3) is 0 Å². The highest BCUT2D eigenvalue weighted by Crippen LogP contribution is 2.31. The van der Waals surface area contributed by atoms with E-state index in [9.17, 15) is 14.9 Å². The van der Waals surface area contributed by atoms with Crippen molar-refractivity contribution < 1.29 is 9.72 Å². The number of benzene rings is 1. The van der Waals surface area contributed by atoms with Gasteiger partial charge in [0.05, 0.1) is 22.4 Å². The first-order valence-electron chi connectivity index (χ1n) is 5.67. The van der Waals surface area contributed by atoms with Crippen LogP contribution in [0.15, 0.2) is 12.1 Å². The molecule has 0 aliphatic rings. The average molecular weight is 297 g/mol. The topological polar surface area (TPSA) is 113 Å². The summed E-state index contributed by atoms with van der Waals surface area (Å²) in [6, 6.07) is 4.00. The maximum absolute atomic E-state index is 12.2. The van der Waals surface area contributed by atoms with E-state index in [2.05, 4.69) is 0 Å². The van der Waals surface area contributed by atoms with E-state index in [0.717, 1.165) is 6.07 Å². The van der Waals surface area contributed by atoms with Crippen LogP contribution in [0.3, 0.4) is 0 Å². The molecule has 1 unspecified atom stereocenters. The van der Waals surface area contributed by atoms with Crippen LogP contribution in [-0.4, -0.2) is 28.8 Å². The number of carbonyl (C=O) groups excluding carboxylic acids is 1. The minimum absolute atomic E-state index is 0.0520. The third-order valence-corrected chi connectivity index (χ3v) is 3.23. The van der Waals surface area contributed by atoms with Gasteiger partial charge in [0.2, 0.25) is 0 Å². The summed E-state index contributed by atoms with van der Waals surface area (Å²) >= 11 is 5.80. The number of rotatable bonds is 4. The molecular formula is C12H13ClN4O3. The number of nitrogens with two attached hydrogens (primary N) is 1. The van der Waals surface area contributed by atoms with Crippen LogP contribution < -0.4 is 5.73 Å². The molecule has 0 bridgehead atoms. The van der Waals surface area contributed by atoms with E-state index in [4.69, 9.17) is 22.6 Å². The van der Waals surface area contributed by atoms with E-state index < -0.39 is 16.5 Å². The highest BCUT2D eigenvalue weighted by atomic mass is 35.5. The maximum atomic E-state index is 12.2. The van der Waals surface area contributed by atoms with Crippen molar-refractivity contribution in [2.24, 2.45) is 0 Å². The van der Waals surface area contributed by atoms with Crippen molar-refractivity contribution in [2.45, 2.75) is 19.4 Å². The molecule has 1 atom stereocenters. The summed E-state index contributed by atoms with van der Waals surface area (Å²) in [7, 11) is 1.51. The lowest BCUT2D eigenvalue weighted by Gasteiger charge is -2.23. The zero-order valence-corrected chi connectivity index (χ0v) is 11.7. The standard InChI is InChI=1S/C12H13ClN4O3/c1-7(3-4-14)16(2)12(18)8-5-9(13)11(15)10(6-8)17(19)20/h5-7H,3,15H2,1-2H3. The Balaban J connectivity index is 3.18. The van der Waals surface area contributed by atoms with Gasteiger partial charge in [0.1, 0.15) is 5.69 Å². The second-order valence-electron chi connectivity index (χ2n) is 4.28. The quantitative estimate of drug-likeness (QED) is 0.520. The predicted molar refractivity (Wildman–Crippen MR) is 74.3 cm³/mol. The smallest absolute Gasteiger partial charge is 0.294 e. The lowest BCUT2D eigenvalue weighted by atomic mass is 10.1. The Morgan fingerprint density at radius 3 is 2.75 bits per heavy atom. The van der Waals surface area contributed by atoms with Crippen LogP contribution in [0.4, 0.5) is 11.4 Å². The van der Waals surface area contributed by atoms with Crippen LogP contribution in [0.1, 0.15) is 23.7 Å². The average Bonchev–Trinajstić information content (AvgIpc) is 2.39. The Bertz CT molecular complexity index is 597. The van der Waals surface area contributed by atoms with Gasteiger partial charge in [-0.05, 0) is 13.0 Å². The third-order valence-electron chi connectivity index (χ3n) is 2.92. The van der Waals surface area contributed by atoms with Gasteiger partial charge < -0.3 is 10.6 Å². The van der Waals surface area contributed by atoms with Gasteiger partial charge in [-0.15, -0.1) is 0 Å². The monoisotopic (exact) mass is 296 g/mol. The second kappa shape index (κ2) is 6.21. The Morgan fingerprint density at radius 2 is 2.25 bits per heavy atom. The fourth-order valence-corrected chi connectivity index (χ4v) is 1.77. The largest absolute Gasteiger partial charge is 0.392 e. The molecule has 0 fully saturated rings. The molecular weight excluding hydrogens is 284 g/mol. The molecule has 0 aliphatic carbocycles. The van der Waals surface area contributed by atoms with Gasteiger partial charge in [0.25, 0.3) is 11.6 Å². The summed E-state index contributed by atoms with van der Waals surface area (Å²) in [5.74, 6) is -0.460. The molecule has 0 radical (unpaired) electrons. The molecule has 1 amide bonds. The van der Waals surface area contributed by atoms with Crippen LogP contribution in [-0.2, 0) is 0 Å². The van der Waals surface area contributed by atoms with Gasteiger partial charge in [-0.25, -0.2) is 0 Å². The van der Waals surface area contributed by atoms with Gasteiger partial charge in [-0.2, -0.15) is 5.26 Å². The van der Waals surface area contributed by atoms with Crippen LogP contribution in [0, 0.1) is 21.4 Å². The van der Waals surface area contributed by atoms with E-state index in [1.807, 2.05) is 6.07 Å². The molecule has 0 spiro atoms. The number of halogens is 1. The summed E-state index contributed by atoms with van der Waals surface area (Å²) in [5.41, 5.74) is 4.96. The number of amides is 1. The number of nitrogens with zero attached hydrogens (tertiary/aromatic N) is 3. The molecule has 0 saturated carbocycles. The lowest BCUT2D eigenvalue weighted by Crippen LogP contribution is -2.34. The molecule has 20 heavy (non-hydrogen) atoms. The Labute approximate surface area is 120 Å². The lowest BCUT2D eigenvalue weighted by molar-refractivity contribution is -0.383. The number of nitrogen functional groups attached to an aromatic ring is 1. The maximum Gasteiger partial charge on any atom is 0.294 e. The number of nitro groups is 1. The summed E-state index contributed by atoms with van der Waals surface area (Å²) < 4.78 is 0. The minimum Gasteiger partial charge on any atom is -0.392 e. The van der Waals surface area contributed by atoms with E-state index in [-0.39, 0.29) is 28.7 Å². The van der Waals surface area contributed by atoms with Crippen molar-refractivity contribution >= 4 is 28.9 Å². The molecule has 1 aromatic rings. The van der Waals surface area contributed by atoms with Crippen LogP contribution in [0.2, 0.25) is 5.02 Å². The molecule has 106 valence electrons. The SMILES string of the molecule is CC(CC#N)N(C)C(=O)c1cc(Cl)c(N)c([N+](=O)[O-])c1. The second-order valence-corrected chi connectivity index (χ2v) is 4.68. The highest BCUT2D eigenvalue weighted by molar-refractivity contribution is 6.34. The molecule has 0 aromatic heterocycles. The van der Waals surface area contributed by atoms with Gasteiger partial charge >= 0.3 is 0 Å². The fourth-order valence-electron chi connectivity index (χ4n) is 1.55. The first-order chi connectivity index (χ1) is 9.29. The van der Waals surface area contributed by atoms with Crippen molar-refractivity contribution in [3.05, 3.63) is 32.8 Å². The Kier molecular flexibility index (Phi) is 4.88. The van der Waals surface area contributed by atoms with E-state index in [1.54, 1.807) is 6.92 Å². The van der Waals surface area contributed by atoms with E-state index >= 15 is 0 Å². The Morgan fingerprint density at radius 1 is 1.65 bits per heavy atom. The molecule has 7 nitrogen and oxygen atoms in total. The molecule has 1 rings (SSSR count). The number of carbonyl (C=O) groups is 1. The first kappa shape index (κ1) is 15.7. The molecule has 1 aromatic carbocycles. The number of nitriles is 1. The van der Waals surface area contributed by atoms with Gasteiger partial charge in [-0.1, -0.05) is 11.6 Å². The van der Waals surface area contributed by atoms with E-state index in [0.29, 0.717) is 0 Å². The van der Waals surface area contributed by atoms with Gasteiger partial charge in [0.15, 0.2) is 0 Å². The summed E-state index contributed by atoms with van der Waals surface area (Å²) in [5, 5.41) is 19.4. The summed E-state index contributed by atoms with van der Waals surface area (Å²) in [4.78, 5) is 23.7. The van der Waals surface area contributed by atoms with Gasteiger partial charge in [0, 0.05) is 24.7 Å². The van der Waals surface area contributed by atoms with Crippen LogP contribution >= 0.6 is 11.6 Å². The minimum atomic E-state index is -0.698. The number of hydrogen-bond acceptors (Lipinski definition) is 5. The predicted octanol–water partition coefficient (Wildman–Crippen LogP) is 2.20. The molecule has 0 heterocycles. The van der Waals surface area contributed by atoms with Crippen molar-refractivity contribution in [3.63, 3.8) is 0 Å². The molecule has 0 aliphatic heterocycles. The number of nitro benzene ring substituents is 1. The highest BCUT2D eigenvalue weighted by Gasteiger charge is 2.23. The zero-order valence-electron chi connectivity index (χ0n) is 11.0. The molecule has 2 N–H and O–H groups in total. The normalized spacial score (nSPS) is 11.5. The van der Waals surface area contributed by atoms with Crippen molar-refractivity contribution in [1.82, 2.24) is 4.90 Å². The molecule has 0 saturated heterocycles. The Hall–Kier alpha value is -2.33. The van der Waals surface area contributed by atoms with Crippen molar-refractivity contribution in [1.29, 1.82) is 5.26 Å². The summed E-state index contributed by atoms with van der Waals surface area (Å²) in [6.07, 6.45) is 0.160. The van der Waals surface area contributed by atoms with E-state index in [1.165, 1.54) is 18.0 Å². The molecule has 8 heteroatoms. The first-order valence-corrected chi connectivity index (χ1v) is 6.04. The fraction of sp³-hybridized carbons (Fsp3) is 0.333. The zero-order chi connectivity index (χ0) is 15.4. The number of hydrogen-bond donors (Lipinski definition) is 1.